The summed E-state index contributed by atoms with van der Waals surface area (Å²) >= 11 is 3.46. The van der Waals surface area contributed by atoms with E-state index < -0.39 is 0 Å². The summed E-state index contributed by atoms with van der Waals surface area (Å²) in [4.78, 5) is 17.1. The van der Waals surface area contributed by atoms with Crippen molar-refractivity contribution in [2.24, 2.45) is 0 Å². The summed E-state index contributed by atoms with van der Waals surface area (Å²) in [5, 5.41) is 17.4. The molecule has 8 heteroatoms. The van der Waals surface area contributed by atoms with Crippen LogP contribution in [0.5, 0.6) is 0 Å². The van der Waals surface area contributed by atoms with Crippen molar-refractivity contribution >= 4 is 21.8 Å². The van der Waals surface area contributed by atoms with Gasteiger partial charge in [-0.15, -0.1) is 5.10 Å². The number of amides is 1. The average Bonchev–Trinajstić information content (AvgIpc) is 3.12. The molecule has 0 N–H and O–H groups in total. The fourth-order valence-electron chi connectivity index (χ4n) is 3.01. The van der Waals surface area contributed by atoms with Crippen LogP contribution in [0.3, 0.4) is 0 Å². The van der Waals surface area contributed by atoms with Crippen LogP contribution in [-0.4, -0.2) is 57.9 Å². The summed E-state index contributed by atoms with van der Waals surface area (Å²) < 4.78 is 2.60. The summed E-state index contributed by atoms with van der Waals surface area (Å²) in [5.41, 5.74) is 3.41. The first-order chi connectivity index (χ1) is 14.4. The molecule has 0 aliphatic heterocycles. The second-order valence-corrected chi connectivity index (χ2v) is 8.17. The van der Waals surface area contributed by atoms with Crippen LogP contribution in [-0.2, 0) is 6.54 Å². The molecule has 154 valence electrons. The Kier molecular flexibility index (Phi) is 6.98. The molecule has 3 aromatic rings. The summed E-state index contributed by atoms with van der Waals surface area (Å²) in [7, 11) is 3.94. The van der Waals surface area contributed by atoms with Crippen molar-refractivity contribution in [2.75, 3.05) is 27.2 Å². The maximum Gasteiger partial charge on any atom is 0.276 e. The Labute approximate surface area is 184 Å². The van der Waals surface area contributed by atoms with Crippen molar-refractivity contribution in [3.8, 4) is 11.8 Å². The van der Waals surface area contributed by atoms with E-state index in [1.807, 2.05) is 62.3 Å². The lowest BCUT2D eigenvalue weighted by Crippen LogP contribution is -2.36. The molecule has 0 unspecified atom stereocenters. The van der Waals surface area contributed by atoms with Gasteiger partial charge in [0.1, 0.15) is 0 Å². The number of aromatic nitrogens is 3. The number of rotatable bonds is 7. The molecule has 0 aliphatic rings. The third-order valence-electron chi connectivity index (χ3n) is 4.71. The Morgan fingerprint density at radius 2 is 1.90 bits per heavy atom. The standard InChI is InChI=1S/C22H23BrN6O/c1-16-21(25-26-29(16)20-6-4-5-19(23)13-20)22(30)28(12-11-27(2)3)15-18-9-7-17(14-24)8-10-18/h4-10,13H,11-12,15H2,1-3H3. The van der Waals surface area contributed by atoms with E-state index in [9.17, 15) is 4.79 Å². The second-order valence-electron chi connectivity index (χ2n) is 7.25. The lowest BCUT2D eigenvalue weighted by atomic mass is 10.1. The number of benzene rings is 2. The Balaban J connectivity index is 1.87. The number of carbonyl (C=O) groups excluding carboxylic acids is 1. The smallest absolute Gasteiger partial charge is 0.276 e. The first kappa shape index (κ1) is 21.7. The zero-order valence-electron chi connectivity index (χ0n) is 17.2. The van der Waals surface area contributed by atoms with Crippen molar-refractivity contribution in [3.63, 3.8) is 0 Å². The van der Waals surface area contributed by atoms with Crippen molar-refractivity contribution < 1.29 is 4.79 Å². The number of likely N-dealkylation sites (N-methyl/N-ethyl adjacent to an activating group) is 1. The molecule has 30 heavy (non-hydrogen) atoms. The molecule has 0 aliphatic carbocycles. The monoisotopic (exact) mass is 466 g/mol. The molecule has 1 heterocycles. The molecule has 2 aromatic carbocycles. The molecule has 0 fully saturated rings. The summed E-state index contributed by atoms with van der Waals surface area (Å²) in [6.45, 7) is 3.55. The van der Waals surface area contributed by atoms with E-state index in [1.54, 1.807) is 21.7 Å². The molecule has 0 saturated heterocycles. The maximum atomic E-state index is 13.3. The number of carbonyl (C=O) groups is 1. The second kappa shape index (κ2) is 9.65. The summed E-state index contributed by atoms with van der Waals surface area (Å²) in [6, 6.07) is 17.1. The molecule has 7 nitrogen and oxygen atoms in total. The molecule has 0 bridgehead atoms. The highest BCUT2D eigenvalue weighted by Gasteiger charge is 2.23. The van der Waals surface area contributed by atoms with Gasteiger partial charge >= 0.3 is 0 Å². The van der Waals surface area contributed by atoms with Crippen LogP contribution in [0.1, 0.15) is 27.3 Å². The highest BCUT2D eigenvalue weighted by molar-refractivity contribution is 9.10. The van der Waals surface area contributed by atoms with Gasteiger partial charge in [-0.1, -0.05) is 39.3 Å². The van der Waals surface area contributed by atoms with Crippen LogP contribution >= 0.6 is 15.9 Å². The van der Waals surface area contributed by atoms with Gasteiger partial charge in [0, 0.05) is 24.1 Å². The first-order valence-electron chi connectivity index (χ1n) is 9.50. The number of nitriles is 1. The highest BCUT2D eigenvalue weighted by atomic mass is 79.9. The van der Waals surface area contributed by atoms with Gasteiger partial charge < -0.3 is 9.80 Å². The number of halogens is 1. The highest BCUT2D eigenvalue weighted by Crippen LogP contribution is 2.19. The summed E-state index contributed by atoms with van der Waals surface area (Å²) in [6.07, 6.45) is 0. The average molecular weight is 467 g/mol. The fourth-order valence-corrected chi connectivity index (χ4v) is 3.39. The van der Waals surface area contributed by atoms with Gasteiger partial charge in [-0.25, -0.2) is 4.68 Å². The normalized spacial score (nSPS) is 10.8. The van der Waals surface area contributed by atoms with Crippen molar-refractivity contribution in [3.05, 3.63) is 75.5 Å². The van der Waals surface area contributed by atoms with Crippen molar-refractivity contribution in [2.45, 2.75) is 13.5 Å². The van der Waals surface area contributed by atoms with Gasteiger partial charge in [-0.05, 0) is 56.9 Å². The Hall–Kier alpha value is -3.02. The Morgan fingerprint density at radius 1 is 1.17 bits per heavy atom. The third-order valence-corrected chi connectivity index (χ3v) is 5.20. The first-order valence-corrected chi connectivity index (χ1v) is 10.3. The van der Waals surface area contributed by atoms with Crippen LogP contribution in [0.4, 0.5) is 0 Å². The lowest BCUT2D eigenvalue weighted by Gasteiger charge is -2.24. The minimum atomic E-state index is -0.167. The zero-order chi connectivity index (χ0) is 21.7. The van der Waals surface area contributed by atoms with Gasteiger partial charge in [0.2, 0.25) is 0 Å². The van der Waals surface area contributed by atoms with Crippen LogP contribution in [0.15, 0.2) is 53.0 Å². The van der Waals surface area contributed by atoms with E-state index in [0.29, 0.717) is 30.0 Å². The molecule has 0 atom stereocenters. The number of nitrogens with zero attached hydrogens (tertiary/aromatic N) is 6. The molecular formula is C22H23BrN6O. The van der Waals surface area contributed by atoms with Gasteiger partial charge in [0.15, 0.2) is 5.69 Å². The molecular weight excluding hydrogens is 444 g/mol. The number of hydrogen-bond acceptors (Lipinski definition) is 5. The van der Waals surface area contributed by atoms with Gasteiger partial charge in [-0.2, -0.15) is 5.26 Å². The molecule has 1 aromatic heterocycles. The Morgan fingerprint density at radius 3 is 2.53 bits per heavy atom. The van der Waals surface area contributed by atoms with Crippen LogP contribution < -0.4 is 0 Å². The van der Waals surface area contributed by atoms with Gasteiger partial charge in [0.05, 0.1) is 23.0 Å². The zero-order valence-corrected chi connectivity index (χ0v) is 18.8. The quantitative estimate of drug-likeness (QED) is 0.532. The topological polar surface area (TPSA) is 78.1 Å². The lowest BCUT2D eigenvalue weighted by molar-refractivity contribution is 0.0725. The third kappa shape index (κ3) is 5.12. The van der Waals surface area contributed by atoms with Crippen LogP contribution in [0.25, 0.3) is 5.69 Å². The van der Waals surface area contributed by atoms with E-state index in [0.717, 1.165) is 22.3 Å². The minimum Gasteiger partial charge on any atom is -0.332 e. The molecule has 0 saturated carbocycles. The van der Waals surface area contributed by atoms with Crippen molar-refractivity contribution in [1.82, 2.24) is 24.8 Å². The van der Waals surface area contributed by atoms with Crippen LogP contribution in [0, 0.1) is 18.3 Å². The SMILES string of the molecule is Cc1c(C(=O)N(CCN(C)C)Cc2ccc(C#N)cc2)nnn1-c1cccc(Br)c1. The van der Waals surface area contributed by atoms with E-state index >= 15 is 0 Å². The van der Waals surface area contributed by atoms with E-state index in [2.05, 4.69) is 32.3 Å². The predicted octanol–water partition coefficient (Wildman–Crippen LogP) is 3.41. The molecule has 0 spiro atoms. The minimum absolute atomic E-state index is 0.167. The largest absolute Gasteiger partial charge is 0.332 e. The molecule has 0 radical (unpaired) electrons. The molecule has 3 rings (SSSR count). The maximum absolute atomic E-state index is 13.3. The fraction of sp³-hybridized carbons (Fsp3) is 0.273. The van der Waals surface area contributed by atoms with Crippen LogP contribution in [0.2, 0.25) is 0 Å². The van der Waals surface area contributed by atoms with E-state index in [4.69, 9.17) is 5.26 Å². The van der Waals surface area contributed by atoms with E-state index in [1.165, 1.54) is 0 Å². The van der Waals surface area contributed by atoms with Gasteiger partial charge in [-0.3, -0.25) is 4.79 Å². The predicted molar refractivity (Wildman–Crippen MR) is 118 cm³/mol. The number of hydrogen-bond donors (Lipinski definition) is 0. The summed E-state index contributed by atoms with van der Waals surface area (Å²) in [5.74, 6) is -0.167. The molecule has 1 amide bonds. The van der Waals surface area contributed by atoms with E-state index in [-0.39, 0.29) is 5.91 Å². The Bertz CT molecular complexity index is 1070. The van der Waals surface area contributed by atoms with Crippen molar-refractivity contribution in [1.29, 1.82) is 5.26 Å². The van der Waals surface area contributed by atoms with Gasteiger partial charge in [0.25, 0.3) is 5.91 Å².